The van der Waals surface area contributed by atoms with E-state index >= 15 is 0 Å². The fraction of sp³-hybridized carbons (Fsp3) is 0.429. The van der Waals surface area contributed by atoms with Gasteiger partial charge in [-0.3, -0.25) is 9.59 Å². The van der Waals surface area contributed by atoms with Crippen molar-refractivity contribution in [2.45, 2.75) is 26.6 Å². The molecule has 0 bridgehead atoms. The Morgan fingerprint density at radius 1 is 1.26 bits per heavy atom. The first-order valence-corrected chi connectivity index (χ1v) is 6.00. The number of benzene rings is 1. The number of Topliss-reactive ketones (excluding diaryl/α,β-unsaturated/α-hetero) is 1. The summed E-state index contributed by atoms with van der Waals surface area (Å²) in [6.45, 7) is 3.30. The predicted molar refractivity (Wildman–Crippen MR) is 69.3 cm³/mol. The summed E-state index contributed by atoms with van der Waals surface area (Å²) in [7, 11) is 1.50. The van der Waals surface area contributed by atoms with Gasteiger partial charge in [-0.15, -0.1) is 0 Å². The minimum Gasteiger partial charge on any atom is -0.481 e. The molecule has 0 fully saturated rings. The van der Waals surface area contributed by atoms with Crippen molar-refractivity contribution in [2.75, 3.05) is 7.11 Å². The maximum atomic E-state index is 12.2. The SMILES string of the molecule is COC(C)Oc1ccccc1C(=O)C(C)CC(=O)O. The summed E-state index contributed by atoms with van der Waals surface area (Å²) < 4.78 is 10.5. The number of hydrogen-bond donors (Lipinski definition) is 1. The van der Waals surface area contributed by atoms with Gasteiger partial charge in [0.15, 0.2) is 12.1 Å². The summed E-state index contributed by atoms with van der Waals surface area (Å²) in [6, 6.07) is 6.75. The number of rotatable bonds is 7. The van der Waals surface area contributed by atoms with Crippen molar-refractivity contribution in [3.05, 3.63) is 29.8 Å². The average molecular weight is 266 g/mol. The van der Waals surface area contributed by atoms with Crippen LogP contribution in [-0.4, -0.2) is 30.3 Å². The molecular formula is C14H18O5. The standard InChI is InChI=1S/C14H18O5/c1-9(8-13(15)16)14(17)11-6-4-5-7-12(11)19-10(2)18-3/h4-7,9-10H,8H2,1-3H3,(H,15,16). The van der Waals surface area contributed by atoms with Gasteiger partial charge in [-0.25, -0.2) is 0 Å². The van der Waals surface area contributed by atoms with Gasteiger partial charge in [0.1, 0.15) is 5.75 Å². The van der Waals surface area contributed by atoms with Crippen LogP contribution in [0.25, 0.3) is 0 Å². The number of carboxylic acid groups (broad SMARTS) is 1. The molecule has 0 aliphatic heterocycles. The lowest BCUT2D eigenvalue weighted by Crippen LogP contribution is -2.19. The third-order valence-corrected chi connectivity index (χ3v) is 2.71. The van der Waals surface area contributed by atoms with Crippen LogP contribution in [0.3, 0.4) is 0 Å². The van der Waals surface area contributed by atoms with E-state index in [1.807, 2.05) is 0 Å². The second-order valence-corrected chi connectivity index (χ2v) is 4.28. The molecule has 0 radical (unpaired) electrons. The number of carbonyl (C=O) groups excluding carboxylic acids is 1. The van der Waals surface area contributed by atoms with E-state index in [1.165, 1.54) is 7.11 Å². The van der Waals surface area contributed by atoms with E-state index in [-0.39, 0.29) is 12.2 Å². The normalized spacial score (nSPS) is 13.6. The predicted octanol–water partition coefficient (Wildman–Crippen LogP) is 2.35. The molecule has 0 amide bonds. The van der Waals surface area contributed by atoms with Crippen molar-refractivity contribution in [2.24, 2.45) is 5.92 Å². The largest absolute Gasteiger partial charge is 0.481 e. The second-order valence-electron chi connectivity index (χ2n) is 4.28. The molecule has 0 saturated carbocycles. The molecule has 2 unspecified atom stereocenters. The highest BCUT2D eigenvalue weighted by Crippen LogP contribution is 2.23. The van der Waals surface area contributed by atoms with Crippen molar-refractivity contribution in [3.8, 4) is 5.75 Å². The summed E-state index contributed by atoms with van der Waals surface area (Å²) in [5, 5.41) is 8.73. The van der Waals surface area contributed by atoms with Crippen LogP contribution in [0.4, 0.5) is 0 Å². The number of methoxy groups -OCH3 is 1. The zero-order chi connectivity index (χ0) is 14.4. The number of hydrogen-bond acceptors (Lipinski definition) is 4. The smallest absolute Gasteiger partial charge is 0.304 e. The van der Waals surface area contributed by atoms with E-state index in [0.29, 0.717) is 11.3 Å². The molecule has 1 aromatic carbocycles. The van der Waals surface area contributed by atoms with Gasteiger partial charge in [0.05, 0.1) is 12.0 Å². The molecule has 19 heavy (non-hydrogen) atoms. The zero-order valence-electron chi connectivity index (χ0n) is 11.3. The molecule has 0 aromatic heterocycles. The van der Waals surface area contributed by atoms with Gasteiger partial charge in [-0.1, -0.05) is 19.1 Å². The third kappa shape index (κ3) is 4.37. The molecule has 1 rings (SSSR count). The zero-order valence-corrected chi connectivity index (χ0v) is 11.3. The van der Waals surface area contributed by atoms with E-state index in [2.05, 4.69) is 0 Å². The molecule has 0 aliphatic rings. The third-order valence-electron chi connectivity index (χ3n) is 2.71. The van der Waals surface area contributed by atoms with Crippen LogP contribution in [0.1, 0.15) is 30.6 Å². The lowest BCUT2D eigenvalue weighted by Gasteiger charge is -2.16. The Morgan fingerprint density at radius 3 is 2.47 bits per heavy atom. The fourth-order valence-electron chi connectivity index (χ4n) is 1.62. The summed E-state index contributed by atoms with van der Waals surface area (Å²) in [6.07, 6.45) is -0.684. The highest BCUT2D eigenvalue weighted by atomic mass is 16.7. The maximum Gasteiger partial charge on any atom is 0.304 e. The molecule has 0 aliphatic carbocycles. The number of aliphatic carboxylic acids is 1. The Labute approximate surface area is 112 Å². The monoisotopic (exact) mass is 266 g/mol. The van der Waals surface area contributed by atoms with Gasteiger partial charge in [-0.05, 0) is 19.1 Å². The topological polar surface area (TPSA) is 72.8 Å². The second kappa shape index (κ2) is 6.89. The van der Waals surface area contributed by atoms with Crippen molar-refractivity contribution in [3.63, 3.8) is 0 Å². The summed E-state index contributed by atoms with van der Waals surface area (Å²) in [4.78, 5) is 22.8. The van der Waals surface area contributed by atoms with Crippen molar-refractivity contribution in [1.29, 1.82) is 0 Å². The maximum absolute atomic E-state index is 12.2. The van der Waals surface area contributed by atoms with Crippen LogP contribution in [0, 0.1) is 5.92 Å². The van der Waals surface area contributed by atoms with Crippen LogP contribution < -0.4 is 4.74 Å². The molecule has 0 saturated heterocycles. The van der Waals surface area contributed by atoms with Crippen LogP contribution in [0.2, 0.25) is 0 Å². The van der Waals surface area contributed by atoms with Crippen molar-refractivity contribution < 1.29 is 24.2 Å². The van der Waals surface area contributed by atoms with E-state index in [0.717, 1.165) is 0 Å². The van der Waals surface area contributed by atoms with E-state index in [1.54, 1.807) is 38.1 Å². The van der Waals surface area contributed by atoms with Crippen LogP contribution >= 0.6 is 0 Å². The van der Waals surface area contributed by atoms with Crippen LogP contribution in [0.5, 0.6) is 5.75 Å². The summed E-state index contributed by atoms with van der Waals surface area (Å²) in [5.74, 6) is -1.44. The molecular weight excluding hydrogens is 248 g/mol. The highest BCUT2D eigenvalue weighted by molar-refractivity contribution is 6.01. The van der Waals surface area contributed by atoms with Gasteiger partial charge in [0, 0.05) is 13.0 Å². The minimum absolute atomic E-state index is 0.201. The van der Waals surface area contributed by atoms with Crippen molar-refractivity contribution >= 4 is 11.8 Å². The summed E-state index contributed by atoms with van der Waals surface area (Å²) >= 11 is 0. The van der Waals surface area contributed by atoms with Crippen molar-refractivity contribution in [1.82, 2.24) is 0 Å². The average Bonchev–Trinajstić information content (AvgIpc) is 2.37. The van der Waals surface area contributed by atoms with Crippen LogP contribution in [-0.2, 0) is 9.53 Å². The van der Waals surface area contributed by atoms with E-state index in [4.69, 9.17) is 14.6 Å². The number of ether oxygens (including phenoxy) is 2. The lowest BCUT2D eigenvalue weighted by atomic mass is 9.96. The minimum atomic E-state index is -0.996. The quantitative estimate of drug-likeness (QED) is 0.605. The summed E-state index contributed by atoms with van der Waals surface area (Å²) in [5.41, 5.74) is 0.375. The van der Waals surface area contributed by atoms with Gasteiger partial charge in [0.2, 0.25) is 0 Å². The highest BCUT2D eigenvalue weighted by Gasteiger charge is 2.21. The molecule has 1 N–H and O–H groups in total. The first kappa shape index (κ1) is 15.2. The van der Waals surface area contributed by atoms with Gasteiger partial charge in [0.25, 0.3) is 0 Å². The lowest BCUT2D eigenvalue weighted by molar-refractivity contribution is -0.137. The Bertz CT molecular complexity index is 455. The first-order chi connectivity index (χ1) is 8.95. The van der Waals surface area contributed by atoms with Gasteiger partial charge in [-0.2, -0.15) is 0 Å². The Morgan fingerprint density at radius 2 is 1.89 bits per heavy atom. The Kier molecular flexibility index (Phi) is 5.51. The molecule has 0 spiro atoms. The first-order valence-electron chi connectivity index (χ1n) is 6.00. The Hall–Kier alpha value is -1.88. The van der Waals surface area contributed by atoms with Gasteiger partial charge < -0.3 is 14.6 Å². The number of carbonyl (C=O) groups is 2. The number of para-hydroxylation sites is 1. The molecule has 5 nitrogen and oxygen atoms in total. The molecule has 2 atom stereocenters. The number of carboxylic acids is 1. The number of ketones is 1. The van der Waals surface area contributed by atoms with Crippen LogP contribution in [0.15, 0.2) is 24.3 Å². The molecule has 104 valence electrons. The molecule has 0 heterocycles. The Balaban J connectivity index is 2.93. The fourth-order valence-corrected chi connectivity index (χ4v) is 1.62. The van der Waals surface area contributed by atoms with E-state index < -0.39 is 18.2 Å². The molecule has 1 aromatic rings. The molecule has 5 heteroatoms. The van der Waals surface area contributed by atoms with E-state index in [9.17, 15) is 9.59 Å². The van der Waals surface area contributed by atoms with Gasteiger partial charge >= 0.3 is 5.97 Å².